The number of nitrogens with zero attached hydrogens (tertiary/aromatic N) is 5. The summed E-state index contributed by atoms with van der Waals surface area (Å²) in [6, 6.07) is 0.409. The first-order valence-corrected chi connectivity index (χ1v) is 5.07. The Bertz CT molecular complexity index is 460. The third-order valence-corrected chi connectivity index (χ3v) is 2.16. The topological polar surface area (TPSA) is 81.7 Å². The van der Waals surface area contributed by atoms with E-state index in [2.05, 4.69) is 25.5 Å². The first-order valence-electron chi connectivity index (χ1n) is 5.07. The predicted octanol–water partition coefficient (Wildman–Crippen LogP) is 0.934. The second-order valence-electron chi connectivity index (χ2n) is 3.77. The lowest BCUT2D eigenvalue weighted by Gasteiger charge is -1.99. The largest absolute Gasteiger partial charge is 0.330 e. The molecule has 0 aliphatic carbocycles. The Labute approximate surface area is 92.9 Å². The van der Waals surface area contributed by atoms with E-state index < -0.39 is 0 Å². The summed E-state index contributed by atoms with van der Waals surface area (Å²) in [7, 11) is 1.83. The molecule has 0 aliphatic rings. The molecule has 0 atom stereocenters. The summed E-state index contributed by atoms with van der Waals surface area (Å²) in [5.41, 5.74) is 0. The van der Waals surface area contributed by atoms with Gasteiger partial charge in [0.2, 0.25) is 0 Å². The van der Waals surface area contributed by atoms with Crippen LogP contribution in [0.4, 0.5) is 6.01 Å². The van der Waals surface area contributed by atoms with Crippen molar-refractivity contribution in [1.29, 1.82) is 0 Å². The van der Waals surface area contributed by atoms with Crippen LogP contribution in [0.15, 0.2) is 10.9 Å². The second kappa shape index (κ2) is 4.30. The van der Waals surface area contributed by atoms with Crippen LogP contribution in [0.1, 0.15) is 31.4 Å². The molecule has 0 saturated carbocycles. The van der Waals surface area contributed by atoms with Crippen LogP contribution in [-0.4, -0.2) is 24.9 Å². The Morgan fingerprint density at radius 3 is 2.88 bits per heavy atom. The first-order chi connectivity index (χ1) is 7.66. The fourth-order valence-electron chi connectivity index (χ4n) is 1.18. The number of hydrogen-bond acceptors (Lipinski definition) is 6. The quantitative estimate of drug-likeness (QED) is 0.828. The molecule has 0 amide bonds. The van der Waals surface area contributed by atoms with Crippen LogP contribution in [0.2, 0.25) is 0 Å². The SMILES string of the molecule is CC(C)c1noc(NCc2ncnn2C)n1. The fraction of sp³-hybridized carbons (Fsp3) is 0.556. The van der Waals surface area contributed by atoms with Gasteiger partial charge in [0.15, 0.2) is 5.82 Å². The molecule has 86 valence electrons. The minimum atomic E-state index is 0.258. The van der Waals surface area contributed by atoms with Crippen molar-refractivity contribution in [2.24, 2.45) is 7.05 Å². The van der Waals surface area contributed by atoms with E-state index in [9.17, 15) is 0 Å². The summed E-state index contributed by atoms with van der Waals surface area (Å²) in [5, 5.41) is 10.8. The van der Waals surface area contributed by atoms with Crippen LogP contribution in [0.3, 0.4) is 0 Å². The molecule has 7 heteroatoms. The molecule has 2 heterocycles. The molecular formula is C9H14N6O. The van der Waals surface area contributed by atoms with Crippen molar-refractivity contribution in [2.75, 3.05) is 5.32 Å². The first kappa shape index (κ1) is 10.6. The third-order valence-electron chi connectivity index (χ3n) is 2.16. The minimum absolute atomic E-state index is 0.258. The van der Waals surface area contributed by atoms with Crippen LogP contribution < -0.4 is 5.32 Å². The van der Waals surface area contributed by atoms with Crippen LogP contribution in [0.25, 0.3) is 0 Å². The highest BCUT2D eigenvalue weighted by Gasteiger charge is 2.09. The van der Waals surface area contributed by atoms with Crippen LogP contribution in [-0.2, 0) is 13.6 Å². The summed E-state index contributed by atoms with van der Waals surface area (Å²) < 4.78 is 6.72. The lowest BCUT2D eigenvalue weighted by Crippen LogP contribution is -2.07. The average molecular weight is 222 g/mol. The maximum atomic E-state index is 5.03. The molecule has 1 N–H and O–H groups in total. The molecule has 0 fully saturated rings. The molecule has 0 aliphatic heterocycles. The maximum absolute atomic E-state index is 5.03. The van der Waals surface area contributed by atoms with E-state index in [0.29, 0.717) is 18.4 Å². The fourth-order valence-corrected chi connectivity index (χ4v) is 1.18. The molecule has 0 bridgehead atoms. The zero-order chi connectivity index (χ0) is 11.5. The van der Waals surface area contributed by atoms with Gasteiger partial charge < -0.3 is 9.84 Å². The maximum Gasteiger partial charge on any atom is 0.321 e. The molecule has 0 saturated heterocycles. The lowest BCUT2D eigenvalue weighted by atomic mass is 10.2. The number of anilines is 1. The van der Waals surface area contributed by atoms with Crippen LogP contribution in [0, 0.1) is 0 Å². The van der Waals surface area contributed by atoms with Gasteiger partial charge in [0.25, 0.3) is 0 Å². The number of aromatic nitrogens is 5. The summed E-state index contributed by atoms with van der Waals surface area (Å²) in [4.78, 5) is 8.26. The van der Waals surface area contributed by atoms with Gasteiger partial charge in [-0.3, -0.25) is 4.68 Å². The van der Waals surface area contributed by atoms with Gasteiger partial charge in [-0.2, -0.15) is 10.1 Å². The Morgan fingerprint density at radius 1 is 1.50 bits per heavy atom. The number of hydrogen-bond donors (Lipinski definition) is 1. The third kappa shape index (κ3) is 2.18. The second-order valence-corrected chi connectivity index (χ2v) is 3.77. The van der Waals surface area contributed by atoms with Crippen molar-refractivity contribution >= 4 is 6.01 Å². The highest BCUT2D eigenvalue weighted by molar-refractivity contribution is 5.19. The van der Waals surface area contributed by atoms with Gasteiger partial charge >= 0.3 is 6.01 Å². The molecule has 0 unspecified atom stereocenters. The van der Waals surface area contributed by atoms with Crippen molar-refractivity contribution in [3.8, 4) is 0 Å². The van der Waals surface area contributed by atoms with E-state index >= 15 is 0 Å². The van der Waals surface area contributed by atoms with Crippen molar-refractivity contribution in [3.05, 3.63) is 18.0 Å². The molecule has 2 rings (SSSR count). The number of aryl methyl sites for hydroxylation is 1. The number of rotatable bonds is 4. The van der Waals surface area contributed by atoms with Gasteiger partial charge in [-0.15, -0.1) is 0 Å². The van der Waals surface area contributed by atoms with E-state index in [1.54, 1.807) is 4.68 Å². The average Bonchev–Trinajstić information content (AvgIpc) is 2.83. The highest BCUT2D eigenvalue weighted by Crippen LogP contribution is 2.12. The molecule has 0 spiro atoms. The smallest absolute Gasteiger partial charge is 0.321 e. The summed E-state index contributed by atoms with van der Waals surface area (Å²) in [5.74, 6) is 1.76. The Balaban J connectivity index is 1.97. The van der Waals surface area contributed by atoms with Gasteiger partial charge in [-0.05, 0) is 0 Å². The van der Waals surface area contributed by atoms with E-state index in [0.717, 1.165) is 5.82 Å². The van der Waals surface area contributed by atoms with E-state index in [4.69, 9.17) is 4.52 Å². The molecule has 16 heavy (non-hydrogen) atoms. The normalized spacial score (nSPS) is 11.0. The molecule has 0 aromatic carbocycles. The summed E-state index contributed by atoms with van der Waals surface area (Å²) in [6.07, 6.45) is 1.50. The Morgan fingerprint density at radius 2 is 2.31 bits per heavy atom. The van der Waals surface area contributed by atoms with Crippen LogP contribution in [0.5, 0.6) is 0 Å². The lowest BCUT2D eigenvalue weighted by molar-refractivity contribution is 0.418. The zero-order valence-electron chi connectivity index (χ0n) is 9.51. The van der Waals surface area contributed by atoms with Gasteiger partial charge in [0.1, 0.15) is 12.2 Å². The Hall–Kier alpha value is -1.92. The van der Waals surface area contributed by atoms with Gasteiger partial charge in [0, 0.05) is 13.0 Å². The van der Waals surface area contributed by atoms with Crippen molar-refractivity contribution in [2.45, 2.75) is 26.3 Å². The van der Waals surface area contributed by atoms with Crippen molar-refractivity contribution < 1.29 is 4.52 Å². The molecule has 2 aromatic rings. The van der Waals surface area contributed by atoms with E-state index in [1.807, 2.05) is 20.9 Å². The predicted molar refractivity (Wildman–Crippen MR) is 56.7 cm³/mol. The van der Waals surface area contributed by atoms with Crippen LogP contribution >= 0.6 is 0 Å². The number of nitrogens with one attached hydrogen (secondary N) is 1. The molecule has 0 radical (unpaired) electrons. The minimum Gasteiger partial charge on any atom is -0.330 e. The van der Waals surface area contributed by atoms with E-state index in [1.165, 1.54) is 6.33 Å². The zero-order valence-corrected chi connectivity index (χ0v) is 9.51. The van der Waals surface area contributed by atoms with E-state index in [-0.39, 0.29) is 5.92 Å². The van der Waals surface area contributed by atoms with Crippen molar-refractivity contribution in [3.63, 3.8) is 0 Å². The van der Waals surface area contributed by atoms with Gasteiger partial charge in [-0.25, -0.2) is 4.98 Å². The monoisotopic (exact) mass is 222 g/mol. The van der Waals surface area contributed by atoms with Gasteiger partial charge in [0.05, 0.1) is 6.54 Å². The Kier molecular flexibility index (Phi) is 2.84. The van der Waals surface area contributed by atoms with Crippen molar-refractivity contribution in [1.82, 2.24) is 24.9 Å². The summed E-state index contributed by atoms with van der Waals surface area (Å²) in [6.45, 7) is 4.53. The molecular weight excluding hydrogens is 208 g/mol. The molecule has 2 aromatic heterocycles. The molecule has 7 nitrogen and oxygen atoms in total. The highest BCUT2D eigenvalue weighted by atomic mass is 16.5. The summed E-state index contributed by atoms with van der Waals surface area (Å²) >= 11 is 0. The standard InChI is InChI=1S/C9H14N6O/c1-6(2)8-13-9(16-14-8)10-4-7-11-5-12-15(7)3/h5-6H,4H2,1-3H3,(H,10,13,14). The van der Waals surface area contributed by atoms with Gasteiger partial charge in [-0.1, -0.05) is 19.0 Å².